The van der Waals surface area contributed by atoms with Gasteiger partial charge in [0.2, 0.25) is 0 Å². The molecule has 0 unspecified atom stereocenters. The Morgan fingerprint density at radius 2 is 2.00 bits per heavy atom. The quantitative estimate of drug-likeness (QED) is 0.577. The van der Waals surface area contributed by atoms with Gasteiger partial charge in [0.1, 0.15) is 17.3 Å². The summed E-state index contributed by atoms with van der Waals surface area (Å²) in [4.78, 5) is 11.5. The second-order valence-corrected chi connectivity index (χ2v) is 5.46. The third kappa shape index (κ3) is 3.32. The molecule has 2 aromatic rings. The van der Waals surface area contributed by atoms with Crippen molar-refractivity contribution in [3.8, 4) is 11.5 Å². The van der Waals surface area contributed by atoms with Crippen LogP contribution >= 0.6 is 22.6 Å². The van der Waals surface area contributed by atoms with Gasteiger partial charge >= 0.3 is 0 Å². The lowest BCUT2D eigenvalue weighted by Crippen LogP contribution is -2.00. The van der Waals surface area contributed by atoms with Gasteiger partial charge in [-0.15, -0.1) is 0 Å². The fraction of sp³-hybridized carbons (Fsp3) is 0.133. The highest BCUT2D eigenvalue weighted by molar-refractivity contribution is 14.1. The van der Waals surface area contributed by atoms with Crippen molar-refractivity contribution in [3.05, 3.63) is 56.9 Å². The molecule has 0 amide bonds. The minimum atomic E-state index is -0.403. The van der Waals surface area contributed by atoms with E-state index in [1.807, 2.05) is 18.2 Å². The molecule has 0 heterocycles. The van der Waals surface area contributed by atoms with Crippen LogP contribution in [0, 0.1) is 16.3 Å². The SMILES string of the molecule is CC(=O)c1cc(F)c(C)cc1Oc1cccc(I)c1. The summed E-state index contributed by atoms with van der Waals surface area (Å²) in [6, 6.07) is 10.2. The average molecular weight is 370 g/mol. The van der Waals surface area contributed by atoms with Gasteiger partial charge in [0.15, 0.2) is 5.78 Å². The number of Topliss-reactive ketones (excluding diaryl/α,β-unsaturated/α-hetero) is 1. The molecule has 4 heteroatoms. The normalized spacial score (nSPS) is 10.3. The summed E-state index contributed by atoms with van der Waals surface area (Å²) in [5, 5.41) is 0. The molecule has 0 radical (unpaired) electrons. The standard InChI is InChI=1S/C15H12FIO2/c1-9-6-15(13(10(2)18)8-14(9)16)19-12-5-3-4-11(17)7-12/h3-8H,1-2H3. The van der Waals surface area contributed by atoms with Gasteiger partial charge in [-0.05, 0) is 72.3 Å². The van der Waals surface area contributed by atoms with Gasteiger partial charge < -0.3 is 4.74 Å². The van der Waals surface area contributed by atoms with Crippen LogP contribution in [0.4, 0.5) is 4.39 Å². The molecule has 0 fully saturated rings. The molecule has 19 heavy (non-hydrogen) atoms. The number of carbonyl (C=O) groups excluding carboxylic acids is 1. The van der Waals surface area contributed by atoms with Crippen molar-refractivity contribution in [2.45, 2.75) is 13.8 Å². The highest BCUT2D eigenvalue weighted by Crippen LogP contribution is 2.29. The number of carbonyl (C=O) groups is 1. The van der Waals surface area contributed by atoms with Crippen LogP contribution in [-0.2, 0) is 0 Å². The second-order valence-electron chi connectivity index (χ2n) is 4.21. The largest absolute Gasteiger partial charge is 0.457 e. The molecule has 2 aromatic carbocycles. The molecule has 0 aliphatic carbocycles. The fourth-order valence-corrected chi connectivity index (χ4v) is 2.19. The zero-order valence-electron chi connectivity index (χ0n) is 10.5. The number of hydrogen-bond acceptors (Lipinski definition) is 2. The van der Waals surface area contributed by atoms with Crippen molar-refractivity contribution >= 4 is 28.4 Å². The molecule has 0 atom stereocenters. The van der Waals surface area contributed by atoms with E-state index in [1.165, 1.54) is 13.0 Å². The summed E-state index contributed by atoms with van der Waals surface area (Å²) in [7, 11) is 0. The molecule has 0 spiro atoms. The van der Waals surface area contributed by atoms with Crippen LogP contribution in [0.2, 0.25) is 0 Å². The number of benzene rings is 2. The van der Waals surface area contributed by atoms with E-state index in [9.17, 15) is 9.18 Å². The Morgan fingerprint density at radius 1 is 1.26 bits per heavy atom. The Hall–Kier alpha value is -1.43. The van der Waals surface area contributed by atoms with Crippen molar-refractivity contribution in [1.29, 1.82) is 0 Å². The highest BCUT2D eigenvalue weighted by atomic mass is 127. The van der Waals surface area contributed by atoms with E-state index in [2.05, 4.69) is 22.6 Å². The molecule has 0 aliphatic rings. The molecule has 98 valence electrons. The van der Waals surface area contributed by atoms with Gasteiger partial charge in [0.05, 0.1) is 5.56 Å². The van der Waals surface area contributed by atoms with Gasteiger partial charge in [0, 0.05) is 3.57 Å². The maximum Gasteiger partial charge on any atom is 0.163 e. The molecule has 0 bridgehead atoms. The third-order valence-corrected chi connectivity index (χ3v) is 3.34. The summed E-state index contributed by atoms with van der Waals surface area (Å²) < 4.78 is 20.2. The topological polar surface area (TPSA) is 26.3 Å². The lowest BCUT2D eigenvalue weighted by atomic mass is 10.1. The summed E-state index contributed by atoms with van der Waals surface area (Å²) >= 11 is 2.18. The van der Waals surface area contributed by atoms with Crippen LogP contribution in [0.15, 0.2) is 36.4 Å². The van der Waals surface area contributed by atoms with Crippen molar-refractivity contribution in [2.24, 2.45) is 0 Å². The smallest absolute Gasteiger partial charge is 0.163 e. The second kappa shape index (κ2) is 5.69. The lowest BCUT2D eigenvalue weighted by Gasteiger charge is -2.11. The number of hydrogen-bond donors (Lipinski definition) is 0. The minimum Gasteiger partial charge on any atom is -0.457 e. The maximum atomic E-state index is 13.5. The van der Waals surface area contributed by atoms with Gasteiger partial charge in [-0.3, -0.25) is 4.79 Å². The van der Waals surface area contributed by atoms with E-state index in [-0.39, 0.29) is 11.3 Å². The summed E-state index contributed by atoms with van der Waals surface area (Å²) in [6.45, 7) is 3.03. The van der Waals surface area contributed by atoms with Crippen molar-refractivity contribution in [2.75, 3.05) is 0 Å². The maximum absolute atomic E-state index is 13.5. The Labute approximate surface area is 124 Å². The monoisotopic (exact) mass is 370 g/mol. The van der Waals surface area contributed by atoms with E-state index in [0.29, 0.717) is 17.1 Å². The van der Waals surface area contributed by atoms with Crippen LogP contribution in [0.25, 0.3) is 0 Å². The number of ketones is 1. The summed E-state index contributed by atoms with van der Waals surface area (Å²) in [6.07, 6.45) is 0. The molecule has 0 aliphatic heterocycles. The van der Waals surface area contributed by atoms with Crippen LogP contribution in [0.5, 0.6) is 11.5 Å². The van der Waals surface area contributed by atoms with Crippen molar-refractivity contribution in [3.63, 3.8) is 0 Å². The van der Waals surface area contributed by atoms with Gasteiger partial charge in [-0.2, -0.15) is 0 Å². The zero-order valence-corrected chi connectivity index (χ0v) is 12.7. The molecular weight excluding hydrogens is 358 g/mol. The number of ether oxygens (including phenoxy) is 1. The van der Waals surface area contributed by atoms with Crippen LogP contribution in [0.3, 0.4) is 0 Å². The third-order valence-electron chi connectivity index (χ3n) is 2.66. The van der Waals surface area contributed by atoms with Crippen LogP contribution < -0.4 is 4.74 Å². The van der Waals surface area contributed by atoms with E-state index >= 15 is 0 Å². The van der Waals surface area contributed by atoms with Gasteiger partial charge in [0.25, 0.3) is 0 Å². The average Bonchev–Trinajstić information content (AvgIpc) is 2.33. The first-order valence-electron chi connectivity index (χ1n) is 5.72. The van der Waals surface area contributed by atoms with Crippen LogP contribution in [0.1, 0.15) is 22.8 Å². The van der Waals surface area contributed by atoms with Crippen molar-refractivity contribution in [1.82, 2.24) is 0 Å². The van der Waals surface area contributed by atoms with Gasteiger partial charge in [-0.1, -0.05) is 6.07 Å². The molecule has 0 saturated carbocycles. The highest BCUT2D eigenvalue weighted by Gasteiger charge is 2.13. The molecule has 0 aromatic heterocycles. The molecule has 2 rings (SSSR count). The van der Waals surface area contributed by atoms with Crippen LogP contribution in [-0.4, -0.2) is 5.78 Å². The number of rotatable bonds is 3. The Bertz CT molecular complexity index is 638. The number of aryl methyl sites for hydroxylation is 1. The van der Waals surface area contributed by atoms with E-state index in [1.54, 1.807) is 19.1 Å². The lowest BCUT2D eigenvalue weighted by molar-refractivity contribution is 0.101. The molecule has 0 saturated heterocycles. The predicted octanol–water partition coefficient (Wildman–Crippen LogP) is 4.73. The first-order valence-corrected chi connectivity index (χ1v) is 6.80. The van der Waals surface area contributed by atoms with E-state index in [4.69, 9.17) is 4.74 Å². The van der Waals surface area contributed by atoms with Crippen molar-refractivity contribution < 1.29 is 13.9 Å². The Kier molecular flexibility index (Phi) is 4.19. The first kappa shape index (κ1) is 14.0. The van der Waals surface area contributed by atoms with E-state index < -0.39 is 5.82 Å². The molecule has 0 N–H and O–H groups in total. The number of halogens is 2. The Balaban J connectivity index is 2.44. The van der Waals surface area contributed by atoms with E-state index in [0.717, 1.165) is 3.57 Å². The predicted molar refractivity (Wildman–Crippen MR) is 80.4 cm³/mol. The van der Waals surface area contributed by atoms with Gasteiger partial charge in [-0.25, -0.2) is 4.39 Å². The minimum absolute atomic E-state index is 0.223. The fourth-order valence-electron chi connectivity index (χ4n) is 1.67. The first-order chi connectivity index (χ1) is 8.97. The Morgan fingerprint density at radius 3 is 2.63 bits per heavy atom. The molecule has 2 nitrogen and oxygen atoms in total. The molecular formula is C15H12FIO2. The zero-order chi connectivity index (χ0) is 14.0. The summed E-state index contributed by atoms with van der Waals surface area (Å²) in [5.41, 5.74) is 0.701. The summed E-state index contributed by atoms with van der Waals surface area (Å²) in [5.74, 6) is 0.383.